The molecule has 5 heterocycles. The van der Waals surface area contributed by atoms with Crippen LogP contribution in [0.15, 0.2) is 6.07 Å². The number of aromatic nitrogens is 4. The van der Waals surface area contributed by atoms with Crippen LogP contribution in [0, 0.1) is 13.8 Å². The van der Waals surface area contributed by atoms with Gasteiger partial charge in [0.1, 0.15) is 10.6 Å². The molecule has 0 unspecified atom stereocenters. The minimum absolute atomic E-state index is 0.144. The molecule has 2 aliphatic rings. The van der Waals surface area contributed by atoms with E-state index in [1.165, 1.54) is 35.1 Å². The minimum Gasteiger partial charge on any atom is -0.370 e. The van der Waals surface area contributed by atoms with Gasteiger partial charge in [0.15, 0.2) is 0 Å². The fourth-order valence-electron chi connectivity index (χ4n) is 4.38. The average molecular weight is 398 g/mol. The molecule has 0 saturated carbocycles. The summed E-state index contributed by atoms with van der Waals surface area (Å²) in [5, 5.41) is 5.87. The van der Waals surface area contributed by atoms with Crippen molar-refractivity contribution >= 4 is 27.4 Å². The zero-order valence-electron chi connectivity index (χ0n) is 17.1. The van der Waals surface area contributed by atoms with Gasteiger partial charge in [-0.05, 0) is 58.6 Å². The van der Waals surface area contributed by atoms with Gasteiger partial charge in [-0.15, -0.1) is 11.3 Å². The fourth-order valence-corrected chi connectivity index (χ4v) is 5.47. The maximum atomic E-state index is 6.08. The molecule has 0 radical (unpaired) electrons. The number of fused-ring (bicyclic) bond motifs is 3. The third-order valence-corrected chi connectivity index (χ3v) is 6.85. The number of hydrogen-bond acceptors (Lipinski definition) is 6. The molecule has 3 aromatic heterocycles. The number of anilines is 1. The second kappa shape index (κ2) is 6.52. The molecule has 0 N–H and O–H groups in total. The van der Waals surface area contributed by atoms with Gasteiger partial charge >= 0.3 is 0 Å². The summed E-state index contributed by atoms with van der Waals surface area (Å²) in [5.74, 6) is 1.76. The molecule has 0 atom stereocenters. The second-order valence-corrected chi connectivity index (χ2v) is 9.73. The molecule has 7 heteroatoms. The smallest absolute Gasteiger partial charge is 0.254 e. The first-order valence-electron chi connectivity index (χ1n) is 10.2. The maximum absolute atomic E-state index is 6.08. The van der Waals surface area contributed by atoms with E-state index in [1.807, 2.05) is 11.6 Å². The molecule has 0 bridgehead atoms. The van der Waals surface area contributed by atoms with Crippen molar-refractivity contribution in [1.29, 1.82) is 0 Å². The summed E-state index contributed by atoms with van der Waals surface area (Å²) in [7, 11) is 0. The number of rotatable bonds is 2. The van der Waals surface area contributed by atoms with Crippen LogP contribution in [-0.2, 0) is 17.8 Å². The molecular weight excluding hydrogens is 370 g/mol. The normalized spacial score (nSPS) is 19.2. The Morgan fingerprint density at radius 3 is 2.61 bits per heavy atom. The fraction of sp³-hybridized carbons (Fsp3) is 0.571. The van der Waals surface area contributed by atoms with E-state index < -0.39 is 0 Å². The molecule has 2 aliphatic heterocycles. The Bertz CT molecular complexity index is 1040. The lowest BCUT2D eigenvalue weighted by Crippen LogP contribution is -2.32. The van der Waals surface area contributed by atoms with E-state index in [2.05, 4.69) is 36.8 Å². The summed E-state index contributed by atoms with van der Waals surface area (Å²) in [6.45, 7) is 11.2. The Labute approximate surface area is 169 Å². The number of aryl methyl sites for hydroxylation is 2. The van der Waals surface area contributed by atoms with Crippen LogP contribution in [0.5, 0.6) is 0 Å². The highest BCUT2D eigenvalue weighted by molar-refractivity contribution is 7.19. The molecule has 1 fully saturated rings. The van der Waals surface area contributed by atoms with E-state index in [1.54, 1.807) is 11.3 Å². The van der Waals surface area contributed by atoms with Crippen LogP contribution in [0.1, 0.15) is 54.9 Å². The molecule has 0 spiro atoms. The lowest BCUT2D eigenvalue weighted by Gasteiger charge is -2.32. The summed E-state index contributed by atoms with van der Waals surface area (Å²) in [6.07, 6.45) is 4.66. The lowest BCUT2D eigenvalue weighted by atomic mass is 9.94. The van der Waals surface area contributed by atoms with E-state index in [0.717, 1.165) is 41.5 Å². The van der Waals surface area contributed by atoms with E-state index in [0.29, 0.717) is 12.6 Å². The van der Waals surface area contributed by atoms with E-state index in [4.69, 9.17) is 14.7 Å². The van der Waals surface area contributed by atoms with Crippen molar-refractivity contribution in [2.24, 2.45) is 0 Å². The van der Waals surface area contributed by atoms with Gasteiger partial charge in [0, 0.05) is 30.1 Å². The van der Waals surface area contributed by atoms with Gasteiger partial charge in [0.2, 0.25) is 0 Å². The van der Waals surface area contributed by atoms with Crippen molar-refractivity contribution in [3.63, 3.8) is 0 Å². The summed E-state index contributed by atoms with van der Waals surface area (Å²) in [5.41, 5.74) is 3.29. The van der Waals surface area contributed by atoms with Crippen molar-refractivity contribution < 1.29 is 4.74 Å². The van der Waals surface area contributed by atoms with Crippen molar-refractivity contribution in [3.8, 4) is 5.95 Å². The minimum atomic E-state index is -0.144. The number of hydrogen-bond donors (Lipinski definition) is 0. The van der Waals surface area contributed by atoms with Crippen LogP contribution in [0.4, 0.5) is 5.82 Å². The predicted octanol–water partition coefficient (Wildman–Crippen LogP) is 4.34. The largest absolute Gasteiger partial charge is 0.370 e. The van der Waals surface area contributed by atoms with Crippen LogP contribution >= 0.6 is 11.3 Å². The lowest BCUT2D eigenvalue weighted by molar-refractivity contribution is -0.0379. The summed E-state index contributed by atoms with van der Waals surface area (Å²) >= 11 is 1.76. The van der Waals surface area contributed by atoms with E-state index in [9.17, 15) is 0 Å². The Hall–Kier alpha value is -1.99. The topological polar surface area (TPSA) is 56.1 Å². The van der Waals surface area contributed by atoms with Crippen molar-refractivity contribution in [2.45, 2.75) is 65.6 Å². The number of piperidine rings is 1. The summed E-state index contributed by atoms with van der Waals surface area (Å²) < 4.78 is 7.95. The molecule has 5 rings (SSSR count). The molecule has 28 heavy (non-hydrogen) atoms. The van der Waals surface area contributed by atoms with Gasteiger partial charge in [-0.1, -0.05) is 0 Å². The zero-order valence-corrected chi connectivity index (χ0v) is 17.9. The first-order chi connectivity index (χ1) is 13.4. The zero-order chi connectivity index (χ0) is 19.5. The standard InChI is InChI=1S/C21H27N5OS/c1-13-10-14(2)26(24-13)20-22-18(25-8-6-5-7-9-25)17-15-11-21(3,4)27-12-16(15)28-19(17)23-20/h10H,5-9,11-12H2,1-4H3. The maximum Gasteiger partial charge on any atom is 0.254 e. The molecule has 3 aromatic rings. The van der Waals surface area contributed by atoms with Gasteiger partial charge in [-0.3, -0.25) is 0 Å². The summed E-state index contributed by atoms with van der Waals surface area (Å²) in [4.78, 5) is 14.8. The highest BCUT2D eigenvalue weighted by atomic mass is 32.1. The SMILES string of the molecule is Cc1cc(C)n(-c2nc(N3CCCCC3)c3c4c(sc3n2)COC(C)(C)C4)n1. The molecule has 0 aromatic carbocycles. The highest BCUT2D eigenvalue weighted by Gasteiger charge is 2.32. The first kappa shape index (κ1) is 18.1. The van der Waals surface area contributed by atoms with Crippen LogP contribution in [-0.4, -0.2) is 38.4 Å². The number of nitrogens with zero attached hydrogens (tertiary/aromatic N) is 5. The van der Waals surface area contributed by atoms with E-state index in [-0.39, 0.29) is 5.60 Å². The average Bonchev–Trinajstić information content (AvgIpc) is 3.19. The Morgan fingerprint density at radius 1 is 1.11 bits per heavy atom. The monoisotopic (exact) mass is 397 g/mol. The highest BCUT2D eigenvalue weighted by Crippen LogP contribution is 2.42. The van der Waals surface area contributed by atoms with Crippen LogP contribution in [0.3, 0.4) is 0 Å². The van der Waals surface area contributed by atoms with Gasteiger partial charge in [-0.25, -0.2) is 4.68 Å². The van der Waals surface area contributed by atoms with Gasteiger partial charge < -0.3 is 9.64 Å². The van der Waals surface area contributed by atoms with Crippen LogP contribution in [0.25, 0.3) is 16.2 Å². The van der Waals surface area contributed by atoms with Gasteiger partial charge in [-0.2, -0.15) is 15.1 Å². The first-order valence-corrected chi connectivity index (χ1v) is 11.0. The van der Waals surface area contributed by atoms with Crippen molar-refractivity contribution in [2.75, 3.05) is 18.0 Å². The molecule has 1 saturated heterocycles. The van der Waals surface area contributed by atoms with Crippen molar-refractivity contribution in [3.05, 3.63) is 27.9 Å². The predicted molar refractivity (Wildman–Crippen MR) is 113 cm³/mol. The van der Waals surface area contributed by atoms with Gasteiger partial charge in [0.25, 0.3) is 5.95 Å². The molecule has 0 aliphatic carbocycles. The van der Waals surface area contributed by atoms with E-state index >= 15 is 0 Å². The van der Waals surface area contributed by atoms with Crippen molar-refractivity contribution in [1.82, 2.24) is 19.7 Å². The third-order valence-electron chi connectivity index (χ3n) is 5.75. The number of thiophene rings is 1. The molecule has 148 valence electrons. The third kappa shape index (κ3) is 3.01. The van der Waals surface area contributed by atoms with Crippen LogP contribution < -0.4 is 4.90 Å². The Kier molecular flexibility index (Phi) is 4.21. The van der Waals surface area contributed by atoms with Gasteiger partial charge in [0.05, 0.1) is 23.3 Å². The van der Waals surface area contributed by atoms with Crippen LogP contribution in [0.2, 0.25) is 0 Å². The Balaban J connectivity index is 1.74. The number of ether oxygens (including phenoxy) is 1. The molecular formula is C21H27N5OS. The molecule has 6 nitrogen and oxygen atoms in total. The summed E-state index contributed by atoms with van der Waals surface area (Å²) in [6, 6.07) is 2.07. The quantitative estimate of drug-likeness (QED) is 0.644. The molecule has 0 amide bonds. The Morgan fingerprint density at radius 2 is 1.89 bits per heavy atom. The second-order valence-electron chi connectivity index (χ2n) is 8.64.